The van der Waals surface area contributed by atoms with E-state index in [-0.39, 0.29) is 6.61 Å². The highest BCUT2D eigenvalue weighted by atomic mass is 32.2. The highest BCUT2D eigenvalue weighted by molar-refractivity contribution is 7.84. The van der Waals surface area contributed by atoms with Crippen molar-refractivity contribution >= 4 is 21.3 Å². The monoisotopic (exact) mass is 531 g/mol. The predicted molar refractivity (Wildman–Crippen MR) is 147 cm³/mol. The molecule has 2 saturated heterocycles. The minimum Gasteiger partial charge on any atom is -0.326 e. The van der Waals surface area contributed by atoms with Crippen LogP contribution in [-0.2, 0) is 27.5 Å². The lowest BCUT2D eigenvalue weighted by Crippen LogP contribution is -2.44. The highest BCUT2D eigenvalue weighted by Gasteiger charge is 2.32. The zero-order chi connectivity index (χ0) is 26.0. The van der Waals surface area contributed by atoms with E-state index in [1.165, 1.54) is 55.2 Å². The maximum absolute atomic E-state index is 11.5. The SMILES string of the molecule is CC(C)[C@H]1CC[C@@H](N2CCC(n3c(CCOS(N)(=O)=O)c(CN4CCCC4)c4cccnc43)CC2)CC1. The number of likely N-dealkylation sites (tertiary alicyclic amines) is 2. The van der Waals surface area contributed by atoms with E-state index < -0.39 is 10.3 Å². The van der Waals surface area contributed by atoms with E-state index in [4.69, 9.17) is 14.3 Å². The van der Waals surface area contributed by atoms with Crippen LogP contribution in [-0.4, -0.2) is 66.6 Å². The van der Waals surface area contributed by atoms with Crippen molar-refractivity contribution in [3.05, 3.63) is 29.6 Å². The average molecular weight is 532 g/mol. The number of hydrogen-bond donors (Lipinski definition) is 1. The second kappa shape index (κ2) is 11.7. The molecule has 0 radical (unpaired) electrons. The molecule has 0 spiro atoms. The molecule has 3 aliphatic rings. The number of piperidine rings is 1. The summed E-state index contributed by atoms with van der Waals surface area (Å²) in [4.78, 5) is 10.1. The van der Waals surface area contributed by atoms with Crippen molar-refractivity contribution in [2.45, 2.75) is 90.3 Å². The first-order valence-electron chi connectivity index (χ1n) is 14.4. The van der Waals surface area contributed by atoms with E-state index in [2.05, 4.69) is 34.3 Å². The van der Waals surface area contributed by atoms with Gasteiger partial charge in [-0.25, -0.2) is 10.1 Å². The van der Waals surface area contributed by atoms with Crippen LogP contribution in [0.4, 0.5) is 0 Å². The third-order valence-electron chi connectivity index (χ3n) is 9.21. The molecule has 0 aromatic carbocycles. The summed E-state index contributed by atoms with van der Waals surface area (Å²) in [5, 5.41) is 6.34. The number of pyridine rings is 1. The van der Waals surface area contributed by atoms with Gasteiger partial charge in [-0.05, 0) is 94.0 Å². The Kier molecular flexibility index (Phi) is 8.56. The Bertz CT molecular complexity index is 1140. The molecule has 1 aliphatic carbocycles. The molecule has 5 rings (SSSR count). The lowest BCUT2D eigenvalue weighted by Gasteiger charge is -2.42. The number of aromatic nitrogens is 2. The Morgan fingerprint density at radius 2 is 1.73 bits per heavy atom. The predicted octanol–water partition coefficient (Wildman–Crippen LogP) is 4.25. The molecule has 9 heteroatoms. The van der Waals surface area contributed by atoms with Gasteiger partial charge in [-0.3, -0.25) is 9.08 Å². The quantitative estimate of drug-likeness (QED) is 0.520. The van der Waals surface area contributed by atoms with Crippen molar-refractivity contribution in [3.8, 4) is 0 Å². The van der Waals surface area contributed by atoms with Gasteiger partial charge < -0.3 is 9.47 Å². The molecule has 4 heterocycles. The molecule has 8 nitrogen and oxygen atoms in total. The van der Waals surface area contributed by atoms with Gasteiger partial charge in [0.25, 0.3) is 0 Å². The van der Waals surface area contributed by atoms with Crippen LogP contribution in [0.3, 0.4) is 0 Å². The summed E-state index contributed by atoms with van der Waals surface area (Å²) >= 11 is 0. The van der Waals surface area contributed by atoms with E-state index in [1.54, 1.807) is 0 Å². The fourth-order valence-corrected chi connectivity index (χ4v) is 7.47. The largest absolute Gasteiger partial charge is 0.333 e. The summed E-state index contributed by atoms with van der Waals surface area (Å²) in [6, 6.07) is 5.28. The molecule has 2 N–H and O–H groups in total. The van der Waals surface area contributed by atoms with E-state index >= 15 is 0 Å². The Labute approximate surface area is 222 Å². The minimum atomic E-state index is -3.97. The minimum absolute atomic E-state index is 0.0556. The van der Waals surface area contributed by atoms with Gasteiger partial charge >= 0.3 is 10.3 Å². The number of rotatable bonds is 9. The summed E-state index contributed by atoms with van der Waals surface area (Å²) in [6.45, 7) is 10.1. The molecule has 3 fully saturated rings. The molecule has 2 aliphatic heterocycles. The third-order valence-corrected chi connectivity index (χ3v) is 9.71. The molecule has 0 atom stereocenters. The molecule has 206 valence electrons. The van der Waals surface area contributed by atoms with E-state index in [1.807, 2.05) is 12.3 Å². The van der Waals surface area contributed by atoms with E-state index in [0.717, 1.165) is 69.1 Å². The van der Waals surface area contributed by atoms with Crippen LogP contribution in [0.2, 0.25) is 0 Å². The smallest absolute Gasteiger partial charge is 0.326 e. The first-order valence-corrected chi connectivity index (χ1v) is 15.9. The molecule has 2 aromatic rings. The van der Waals surface area contributed by atoms with Gasteiger partial charge in [0.05, 0.1) is 6.61 Å². The zero-order valence-corrected chi connectivity index (χ0v) is 23.5. The number of hydrogen-bond acceptors (Lipinski definition) is 6. The fourth-order valence-electron chi connectivity index (χ4n) is 7.16. The van der Waals surface area contributed by atoms with Gasteiger partial charge in [0.2, 0.25) is 0 Å². The fraction of sp³-hybridized carbons (Fsp3) is 0.750. The van der Waals surface area contributed by atoms with Gasteiger partial charge in [0.15, 0.2) is 0 Å². The maximum atomic E-state index is 11.5. The lowest BCUT2D eigenvalue weighted by molar-refractivity contribution is 0.0887. The summed E-state index contributed by atoms with van der Waals surface area (Å²) in [5.41, 5.74) is 3.47. The van der Waals surface area contributed by atoms with Crippen molar-refractivity contribution in [1.82, 2.24) is 19.4 Å². The number of nitrogens with two attached hydrogens (primary N) is 1. The number of nitrogens with zero attached hydrogens (tertiary/aromatic N) is 4. The molecular formula is C28H45N5O3S. The summed E-state index contributed by atoms with van der Waals surface area (Å²) in [6.07, 6.45) is 12.4. The van der Waals surface area contributed by atoms with Crippen molar-refractivity contribution in [1.29, 1.82) is 0 Å². The normalized spacial score (nSPS) is 25.0. The van der Waals surface area contributed by atoms with Gasteiger partial charge in [-0.2, -0.15) is 8.42 Å². The summed E-state index contributed by atoms with van der Waals surface area (Å²) in [7, 11) is -3.97. The van der Waals surface area contributed by atoms with Crippen LogP contribution in [0.25, 0.3) is 11.0 Å². The third kappa shape index (κ3) is 6.38. The molecule has 0 amide bonds. The molecule has 37 heavy (non-hydrogen) atoms. The van der Waals surface area contributed by atoms with E-state index in [0.29, 0.717) is 12.5 Å². The van der Waals surface area contributed by atoms with Crippen LogP contribution in [0, 0.1) is 11.8 Å². The second-order valence-electron chi connectivity index (χ2n) is 11.8. The van der Waals surface area contributed by atoms with Crippen molar-refractivity contribution in [2.75, 3.05) is 32.8 Å². The topological polar surface area (TPSA) is 93.7 Å². The van der Waals surface area contributed by atoms with Crippen LogP contribution in [0.5, 0.6) is 0 Å². The Morgan fingerprint density at radius 3 is 2.38 bits per heavy atom. The lowest BCUT2D eigenvalue weighted by atomic mass is 9.79. The highest BCUT2D eigenvalue weighted by Crippen LogP contribution is 2.37. The van der Waals surface area contributed by atoms with Crippen LogP contribution >= 0.6 is 0 Å². The zero-order valence-electron chi connectivity index (χ0n) is 22.6. The van der Waals surface area contributed by atoms with Crippen molar-refractivity contribution < 1.29 is 12.6 Å². The molecule has 2 aromatic heterocycles. The first kappa shape index (κ1) is 27.1. The van der Waals surface area contributed by atoms with E-state index in [9.17, 15) is 8.42 Å². The Hall–Kier alpha value is -1.52. The second-order valence-corrected chi connectivity index (χ2v) is 13.0. The summed E-state index contributed by atoms with van der Waals surface area (Å²) < 4.78 is 30.5. The van der Waals surface area contributed by atoms with Crippen LogP contribution < -0.4 is 5.14 Å². The van der Waals surface area contributed by atoms with Gasteiger partial charge in [-0.1, -0.05) is 13.8 Å². The molecule has 0 bridgehead atoms. The standard InChI is InChI=1S/C28H45N5O3S/c1-21(2)22-7-9-23(10-8-22)32-17-11-24(12-18-32)33-27(13-19-36-37(29,34)35)26(20-31-15-3-4-16-31)25-6-5-14-30-28(25)33/h5-6,14,21-24H,3-4,7-13,15-20H2,1-2H3,(H2,29,34,35)/t22-,23+. The molecular weight excluding hydrogens is 486 g/mol. The summed E-state index contributed by atoms with van der Waals surface area (Å²) in [5.74, 6) is 1.69. The van der Waals surface area contributed by atoms with Crippen molar-refractivity contribution in [3.63, 3.8) is 0 Å². The Balaban J connectivity index is 1.37. The molecule has 1 saturated carbocycles. The average Bonchev–Trinajstić information content (AvgIpc) is 3.50. The van der Waals surface area contributed by atoms with Gasteiger partial charge in [0.1, 0.15) is 5.65 Å². The van der Waals surface area contributed by atoms with Gasteiger partial charge in [-0.15, -0.1) is 0 Å². The molecule has 0 unspecified atom stereocenters. The van der Waals surface area contributed by atoms with Gasteiger partial charge in [0, 0.05) is 55.4 Å². The maximum Gasteiger partial charge on any atom is 0.333 e. The van der Waals surface area contributed by atoms with Crippen LogP contribution in [0.15, 0.2) is 18.3 Å². The first-order chi connectivity index (χ1) is 17.8. The van der Waals surface area contributed by atoms with Crippen molar-refractivity contribution in [2.24, 2.45) is 17.0 Å². The van der Waals surface area contributed by atoms with Crippen LogP contribution in [0.1, 0.15) is 82.5 Å². The number of fused-ring (bicyclic) bond motifs is 1. The Morgan fingerprint density at radius 1 is 1.03 bits per heavy atom.